The lowest BCUT2D eigenvalue weighted by molar-refractivity contribution is -0.127. The Hall–Kier alpha value is -2.98. The van der Waals surface area contributed by atoms with E-state index in [-0.39, 0.29) is 11.4 Å². The average Bonchev–Trinajstić information content (AvgIpc) is 3.02. The zero-order valence-corrected chi connectivity index (χ0v) is 19.3. The maximum absolute atomic E-state index is 12.7. The summed E-state index contributed by atoms with van der Waals surface area (Å²) < 4.78 is 16.3. The molecule has 2 aromatic carbocycles. The predicted molar refractivity (Wildman–Crippen MR) is 122 cm³/mol. The van der Waals surface area contributed by atoms with Crippen molar-refractivity contribution in [3.05, 3.63) is 51.3 Å². The van der Waals surface area contributed by atoms with Crippen LogP contribution in [0.4, 0.5) is 10.5 Å². The first-order valence-electron chi connectivity index (χ1n) is 8.97. The minimum Gasteiger partial charge on any atom is -0.497 e. The Morgan fingerprint density at radius 2 is 1.71 bits per heavy atom. The van der Waals surface area contributed by atoms with Crippen molar-refractivity contribution in [3.8, 4) is 17.2 Å². The minimum absolute atomic E-state index is 0.204. The molecule has 0 spiro atoms. The third kappa shape index (κ3) is 5.20. The summed E-state index contributed by atoms with van der Waals surface area (Å²) >= 11 is 4.20. The molecule has 0 aromatic heterocycles. The number of thioether (sulfide) groups is 1. The quantitative estimate of drug-likeness (QED) is 0.563. The van der Waals surface area contributed by atoms with Gasteiger partial charge in [0, 0.05) is 10.2 Å². The van der Waals surface area contributed by atoms with Crippen molar-refractivity contribution in [2.45, 2.75) is 0 Å². The maximum atomic E-state index is 12.7. The summed E-state index contributed by atoms with van der Waals surface area (Å²) in [7, 11) is 4.57. The van der Waals surface area contributed by atoms with Gasteiger partial charge in [-0.2, -0.15) is 0 Å². The number of hydrogen-bond donors (Lipinski definition) is 1. The Bertz CT molecular complexity index is 1050. The number of nitrogens with one attached hydrogen (secondary N) is 1. The maximum Gasteiger partial charge on any atom is 0.294 e. The number of rotatable bonds is 7. The molecule has 1 fully saturated rings. The third-order valence-electron chi connectivity index (χ3n) is 4.34. The Morgan fingerprint density at radius 3 is 2.32 bits per heavy atom. The second-order valence-electron chi connectivity index (χ2n) is 6.27. The van der Waals surface area contributed by atoms with Crippen molar-refractivity contribution in [3.63, 3.8) is 0 Å². The fraction of sp³-hybridized carbons (Fsp3) is 0.190. The Kier molecular flexibility index (Phi) is 7.24. The molecule has 162 valence electrons. The van der Waals surface area contributed by atoms with E-state index < -0.39 is 17.1 Å². The molecule has 1 aliphatic heterocycles. The van der Waals surface area contributed by atoms with Crippen molar-refractivity contribution in [2.24, 2.45) is 0 Å². The highest BCUT2D eigenvalue weighted by atomic mass is 79.9. The Morgan fingerprint density at radius 1 is 1.06 bits per heavy atom. The second-order valence-corrected chi connectivity index (χ2v) is 8.12. The third-order valence-corrected chi connectivity index (χ3v) is 5.93. The fourth-order valence-corrected chi connectivity index (χ4v) is 4.04. The topological polar surface area (TPSA) is 94.2 Å². The van der Waals surface area contributed by atoms with Crippen molar-refractivity contribution < 1.29 is 28.6 Å². The molecule has 0 saturated carbocycles. The average molecular weight is 507 g/mol. The molecule has 10 heteroatoms. The van der Waals surface area contributed by atoms with Crippen molar-refractivity contribution >= 4 is 56.5 Å². The molecule has 1 heterocycles. The van der Waals surface area contributed by atoms with E-state index in [1.54, 1.807) is 49.6 Å². The SMILES string of the molecule is COc1ccc(NC(=O)CN2C(=O)S/C(=C/c3cc(OC)c(OC)cc3Br)C2=O)cc1. The fourth-order valence-electron chi connectivity index (χ4n) is 2.78. The number of benzene rings is 2. The summed E-state index contributed by atoms with van der Waals surface area (Å²) in [5.74, 6) is 0.628. The van der Waals surface area contributed by atoms with Crippen molar-refractivity contribution in [1.82, 2.24) is 4.90 Å². The summed E-state index contributed by atoms with van der Waals surface area (Å²) in [6, 6.07) is 10.1. The van der Waals surface area contributed by atoms with Gasteiger partial charge in [0.25, 0.3) is 11.1 Å². The first-order chi connectivity index (χ1) is 14.9. The first-order valence-corrected chi connectivity index (χ1v) is 10.6. The molecule has 1 saturated heterocycles. The van der Waals surface area contributed by atoms with Gasteiger partial charge in [-0.15, -0.1) is 0 Å². The number of methoxy groups -OCH3 is 3. The number of carbonyl (C=O) groups excluding carboxylic acids is 3. The summed E-state index contributed by atoms with van der Waals surface area (Å²) in [5, 5.41) is 2.14. The number of halogens is 1. The molecule has 0 aliphatic carbocycles. The zero-order chi connectivity index (χ0) is 22.5. The van der Waals surface area contributed by atoms with E-state index in [9.17, 15) is 14.4 Å². The molecule has 8 nitrogen and oxygen atoms in total. The zero-order valence-electron chi connectivity index (χ0n) is 16.9. The highest BCUT2D eigenvalue weighted by Crippen LogP contribution is 2.37. The van der Waals surface area contributed by atoms with Gasteiger partial charge in [-0.05, 0) is 59.8 Å². The summed E-state index contributed by atoms with van der Waals surface area (Å²) in [4.78, 5) is 38.5. The summed E-state index contributed by atoms with van der Waals surface area (Å²) in [6.07, 6.45) is 1.57. The van der Waals surface area contributed by atoms with E-state index >= 15 is 0 Å². The van der Waals surface area contributed by atoms with Crippen LogP contribution >= 0.6 is 27.7 Å². The molecular weight excluding hydrogens is 488 g/mol. The predicted octanol–water partition coefficient (Wildman–Crippen LogP) is 4.15. The molecule has 0 radical (unpaired) electrons. The number of amides is 3. The number of hydrogen-bond acceptors (Lipinski definition) is 7. The van der Waals surface area contributed by atoms with Crippen LogP contribution in [0, 0.1) is 0 Å². The standard InChI is InChI=1S/C21H19BrN2O6S/c1-28-14-6-4-13(5-7-14)23-19(25)11-24-20(26)18(31-21(24)27)9-12-8-16(29-2)17(30-3)10-15(12)22/h4-10H,11H2,1-3H3,(H,23,25)/b18-9+. The number of nitrogens with zero attached hydrogens (tertiary/aromatic N) is 1. The molecule has 2 aromatic rings. The van der Waals surface area contributed by atoms with Gasteiger partial charge in [0.05, 0.1) is 26.2 Å². The molecule has 3 rings (SSSR count). The molecule has 1 aliphatic rings. The van der Waals surface area contributed by atoms with Gasteiger partial charge in [-0.3, -0.25) is 19.3 Å². The van der Waals surface area contributed by atoms with E-state index in [0.717, 1.165) is 16.7 Å². The molecule has 1 N–H and O–H groups in total. The molecule has 0 bridgehead atoms. The smallest absolute Gasteiger partial charge is 0.294 e. The van der Waals surface area contributed by atoms with Crippen LogP contribution in [0.15, 0.2) is 45.8 Å². The highest BCUT2D eigenvalue weighted by Gasteiger charge is 2.36. The molecular formula is C21H19BrN2O6S. The number of anilines is 1. The molecule has 0 atom stereocenters. The van der Waals surface area contributed by atoms with Crippen LogP contribution in [0.1, 0.15) is 5.56 Å². The van der Waals surface area contributed by atoms with E-state index in [1.165, 1.54) is 14.2 Å². The van der Waals surface area contributed by atoms with Crippen molar-refractivity contribution in [2.75, 3.05) is 33.2 Å². The van der Waals surface area contributed by atoms with E-state index in [2.05, 4.69) is 21.2 Å². The minimum atomic E-state index is -0.540. The summed E-state index contributed by atoms with van der Waals surface area (Å²) in [6.45, 7) is -0.388. The molecule has 0 unspecified atom stereocenters. The van der Waals surface area contributed by atoms with Gasteiger partial charge < -0.3 is 19.5 Å². The van der Waals surface area contributed by atoms with Gasteiger partial charge >= 0.3 is 0 Å². The van der Waals surface area contributed by atoms with Crippen LogP contribution in [0.2, 0.25) is 0 Å². The van der Waals surface area contributed by atoms with Crippen LogP contribution in [-0.4, -0.2) is 49.8 Å². The van der Waals surface area contributed by atoms with E-state index in [1.807, 2.05) is 0 Å². The first kappa shape index (κ1) is 22.7. The highest BCUT2D eigenvalue weighted by molar-refractivity contribution is 9.10. The largest absolute Gasteiger partial charge is 0.497 e. The van der Waals surface area contributed by atoms with Gasteiger partial charge in [-0.25, -0.2) is 0 Å². The van der Waals surface area contributed by atoms with Crippen molar-refractivity contribution in [1.29, 1.82) is 0 Å². The van der Waals surface area contributed by atoms with Gasteiger partial charge in [0.15, 0.2) is 11.5 Å². The lowest BCUT2D eigenvalue weighted by Crippen LogP contribution is -2.36. The molecule has 31 heavy (non-hydrogen) atoms. The van der Waals surface area contributed by atoms with Crippen LogP contribution in [0.3, 0.4) is 0 Å². The number of imide groups is 1. The monoisotopic (exact) mass is 506 g/mol. The van der Waals surface area contributed by atoms with Gasteiger partial charge in [-0.1, -0.05) is 15.9 Å². The van der Waals surface area contributed by atoms with Crippen LogP contribution in [0.5, 0.6) is 17.2 Å². The van der Waals surface area contributed by atoms with E-state index in [0.29, 0.717) is 33.0 Å². The van der Waals surface area contributed by atoms with Crippen LogP contribution in [0.25, 0.3) is 6.08 Å². The van der Waals surface area contributed by atoms with Gasteiger partial charge in [0.2, 0.25) is 5.91 Å². The lowest BCUT2D eigenvalue weighted by atomic mass is 10.2. The second kappa shape index (κ2) is 9.88. The van der Waals surface area contributed by atoms with Gasteiger partial charge in [0.1, 0.15) is 12.3 Å². The molecule has 3 amide bonds. The normalized spacial score (nSPS) is 14.7. The number of carbonyl (C=O) groups is 3. The Labute approximate surface area is 191 Å². The van der Waals surface area contributed by atoms with Crippen LogP contribution in [-0.2, 0) is 9.59 Å². The summed E-state index contributed by atoms with van der Waals surface area (Å²) in [5.41, 5.74) is 1.16. The van der Waals surface area contributed by atoms with Crippen LogP contribution < -0.4 is 19.5 Å². The lowest BCUT2D eigenvalue weighted by Gasteiger charge is -2.13. The Balaban J connectivity index is 1.73. The number of ether oxygens (including phenoxy) is 3. The van der Waals surface area contributed by atoms with E-state index in [4.69, 9.17) is 14.2 Å².